The molecule has 0 spiro atoms. The lowest BCUT2D eigenvalue weighted by Crippen LogP contribution is -2.52. The summed E-state index contributed by atoms with van der Waals surface area (Å²) in [4.78, 5) is 29.1. The minimum absolute atomic E-state index is 0.0997. The minimum Gasteiger partial charge on any atom is -0.477 e. The number of rotatable bonds is 2. The number of carbonyl (C=O) groups is 2. The maximum atomic E-state index is 12.1. The first-order chi connectivity index (χ1) is 10.1. The molecule has 1 fully saturated rings. The Balaban J connectivity index is 1.60. The predicted molar refractivity (Wildman–Crippen MR) is 77.3 cm³/mol. The zero-order valence-corrected chi connectivity index (χ0v) is 12.0. The molecule has 1 atom stereocenters. The number of nitrogens with zero attached hydrogens (tertiary/aromatic N) is 3. The Labute approximate surface area is 125 Å². The molecule has 1 saturated heterocycles. The quantitative estimate of drug-likeness (QED) is 0.654. The number of thioether (sulfide) groups is 1. The Hall–Kier alpha value is -2.02. The number of amides is 1. The van der Waals surface area contributed by atoms with E-state index in [-0.39, 0.29) is 17.6 Å². The zero-order chi connectivity index (χ0) is 14.6. The predicted octanol–water partition coefficient (Wildman–Crippen LogP) is 1.10. The van der Waals surface area contributed by atoms with Gasteiger partial charge in [-0.3, -0.25) is 9.69 Å². The van der Waals surface area contributed by atoms with E-state index < -0.39 is 5.97 Å². The number of fused-ring (bicyclic) bond motifs is 2. The largest absolute Gasteiger partial charge is 0.477 e. The topological polar surface area (TPSA) is 75.4 Å². The van der Waals surface area contributed by atoms with E-state index in [4.69, 9.17) is 5.11 Å². The van der Waals surface area contributed by atoms with Crippen molar-refractivity contribution in [1.82, 2.24) is 14.5 Å². The summed E-state index contributed by atoms with van der Waals surface area (Å²) in [5.74, 6) is 1.77. The number of carbonyl (C=O) groups excluding carboxylic acids is 1. The average molecular weight is 303 g/mol. The highest BCUT2D eigenvalue weighted by atomic mass is 32.2. The smallest absolute Gasteiger partial charge is 0.352 e. The molecule has 7 heteroatoms. The molecule has 0 aromatic carbocycles. The molecule has 21 heavy (non-hydrogen) atoms. The van der Waals surface area contributed by atoms with Crippen LogP contribution in [0.3, 0.4) is 0 Å². The number of aromatic nitrogens is 2. The number of carboxylic acid groups (broad SMARTS) is 1. The van der Waals surface area contributed by atoms with E-state index in [0.717, 1.165) is 29.6 Å². The molecule has 4 heterocycles. The van der Waals surface area contributed by atoms with Crippen molar-refractivity contribution in [2.24, 2.45) is 0 Å². The van der Waals surface area contributed by atoms with Gasteiger partial charge in [-0.25, -0.2) is 9.78 Å². The second kappa shape index (κ2) is 4.49. The van der Waals surface area contributed by atoms with Crippen LogP contribution < -0.4 is 0 Å². The van der Waals surface area contributed by atoms with Crippen molar-refractivity contribution in [3.8, 4) is 0 Å². The van der Waals surface area contributed by atoms with Crippen LogP contribution in [0, 0.1) is 0 Å². The second-order valence-electron chi connectivity index (χ2n) is 5.25. The first kappa shape index (κ1) is 12.7. The van der Waals surface area contributed by atoms with Crippen molar-refractivity contribution in [3.05, 3.63) is 35.1 Å². The van der Waals surface area contributed by atoms with E-state index in [2.05, 4.69) is 9.55 Å². The van der Waals surface area contributed by atoms with Gasteiger partial charge in [0.05, 0.1) is 17.5 Å². The standard InChI is InChI=1S/C14H13N3O3S/c18-13-9(10-1-2-11(14(19)20)17(10)13)5-8-6-16-3-4-21-7-12(16)15-8/h2,5-6,10H,1,3-4,7H2,(H,19,20). The third-order valence-corrected chi connectivity index (χ3v) is 4.97. The van der Waals surface area contributed by atoms with Crippen LogP contribution in [-0.4, -0.2) is 43.2 Å². The van der Waals surface area contributed by atoms with Crippen LogP contribution in [0.15, 0.2) is 23.5 Å². The Kier molecular flexibility index (Phi) is 2.72. The molecule has 1 aromatic heterocycles. The first-order valence-corrected chi connectivity index (χ1v) is 7.93. The highest BCUT2D eigenvalue weighted by molar-refractivity contribution is 7.98. The van der Waals surface area contributed by atoms with Gasteiger partial charge in [-0.1, -0.05) is 6.08 Å². The summed E-state index contributed by atoms with van der Waals surface area (Å²) in [5, 5.41) is 9.04. The maximum Gasteiger partial charge on any atom is 0.352 e. The number of carboxylic acids is 1. The fourth-order valence-corrected chi connectivity index (χ4v) is 3.90. The molecule has 1 amide bonds. The van der Waals surface area contributed by atoms with Crippen LogP contribution in [0.2, 0.25) is 0 Å². The van der Waals surface area contributed by atoms with Gasteiger partial charge in [0.2, 0.25) is 0 Å². The molecule has 0 radical (unpaired) electrons. The molecule has 1 N–H and O–H groups in total. The van der Waals surface area contributed by atoms with Gasteiger partial charge < -0.3 is 9.67 Å². The van der Waals surface area contributed by atoms with E-state index >= 15 is 0 Å². The van der Waals surface area contributed by atoms with Gasteiger partial charge in [0, 0.05) is 24.1 Å². The van der Waals surface area contributed by atoms with Gasteiger partial charge in [0.25, 0.3) is 5.91 Å². The van der Waals surface area contributed by atoms with E-state index in [9.17, 15) is 9.59 Å². The monoisotopic (exact) mass is 303 g/mol. The lowest BCUT2D eigenvalue weighted by Gasteiger charge is -2.38. The van der Waals surface area contributed by atoms with Gasteiger partial charge >= 0.3 is 5.97 Å². The van der Waals surface area contributed by atoms with E-state index in [1.165, 1.54) is 4.90 Å². The lowest BCUT2D eigenvalue weighted by atomic mass is 9.94. The molecular weight excluding hydrogens is 290 g/mol. The Morgan fingerprint density at radius 3 is 3.14 bits per heavy atom. The fourth-order valence-electron chi connectivity index (χ4n) is 3.02. The van der Waals surface area contributed by atoms with Gasteiger partial charge in [-0.15, -0.1) is 0 Å². The van der Waals surface area contributed by atoms with Crippen LogP contribution in [0.1, 0.15) is 17.9 Å². The van der Waals surface area contributed by atoms with Crippen LogP contribution in [0.4, 0.5) is 0 Å². The van der Waals surface area contributed by atoms with Gasteiger partial charge in [-0.2, -0.15) is 11.8 Å². The Morgan fingerprint density at radius 2 is 2.38 bits per heavy atom. The number of hydrogen-bond donors (Lipinski definition) is 1. The van der Waals surface area contributed by atoms with Crippen LogP contribution >= 0.6 is 11.8 Å². The molecule has 0 aliphatic carbocycles. The average Bonchev–Trinajstić information content (AvgIpc) is 3.05. The lowest BCUT2D eigenvalue weighted by molar-refractivity contribution is -0.142. The van der Waals surface area contributed by atoms with Crippen molar-refractivity contribution in [2.45, 2.75) is 24.8 Å². The number of hydrogen-bond acceptors (Lipinski definition) is 4. The fraction of sp³-hybridized carbons (Fsp3) is 0.357. The summed E-state index contributed by atoms with van der Waals surface area (Å²) in [5.41, 5.74) is 1.55. The normalized spacial score (nSPS) is 25.4. The third-order valence-electron chi connectivity index (χ3n) is 4.04. The summed E-state index contributed by atoms with van der Waals surface area (Å²) in [6.07, 6.45) is 5.96. The summed E-state index contributed by atoms with van der Waals surface area (Å²) < 4.78 is 2.12. The highest BCUT2D eigenvalue weighted by Gasteiger charge is 2.48. The van der Waals surface area contributed by atoms with E-state index in [1.807, 2.05) is 18.0 Å². The summed E-state index contributed by atoms with van der Waals surface area (Å²) >= 11 is 1.86. The van der Waals surface area contributed by atoms with Gasteiger partial charge in [-0.05, 0) is 12.5 Å². The molecule has 1 aromatic rings. The second-order valence-corrected chi connectivity index (χ2v) is 6.35. The number of aryl methyl sites for hydroxylation is 1. The van der Waals surface area contributed by atoms with Crippen molar-refractivity contribution < 1.29 is 14.7 Å². The summed E-state index contributed by atoms with van der Waals surface area (Å²) in [6.45, 7) is 0.949. The van der Waals surface area contributed by atoms with E-state index in [1.54, 1.807) is 12.2 Å². The van der Waals surface area contributed by atoms with E-state index in [0.29, 0.717) is 12.0 Å². The zero-order valence-electron chi connectivity index (χ0n) is 11.2. The molecular formula is C14H13N3O3S. The van der Waals surface area contributed by atoms with Gasteiger partial charge in [0.15, 0.2) is 0 Å². The molecule has 108 valence electrons. The Morgan fingerprint density at radius 1 is 1.52 bits per heavy atom. The van der Waals surface area contributed by atoms with Crippen LogP contribution in [-0.2, 0) is 21.9 Å². The minimum atomic E-state index is -1.04. The van der Waals surface area contributed by atoms with Crippen molar-refractivity contribution in [3.63, 3.8) is 0 Å². The summed E-state index contributed by atoms with van der Waals surface area (Å²) in [6, 6.07) is -0.128. The molecule has 6 nitrogen and oxygen atoms in total. The van der Waals surface area contributed by atoms with Crippen LogP contribution in [0.25, 0.3) is 6.08 Å². The van der Waals surface area contributed by atoms with Crippen molar-refractivity contribution >= 4 is 29.7 Å². The molecule has 3 aliphatic rings. The molecule has 1 unspecified atom stereocenters. The SMILES string of the molecule is O=C(O)C1=CCC2C(=Cc3cn4c(n3)CSCC4)C(=O)N12. The van der Waals surface area contributed by atoms with Gasteiger partial charge in [0.1, 0.15) is 11.5 Å². The number of β-lactam (4-membered cyclic amide) rings is 1. The number of imidazole rings is 1. The van der Waals surface area contributed by atoms with Crippen molar-refractivity contribution in [1.29, 1.82) is 0 Å². The Bertz CT molecular complexity index is 696. The third kappa shape index (κ3) is 1.84. The van der Waals surface area contributed by atoms with Crippen molar-refractivity contribution in [2.75, 3.05) is 5.75 Å². The van der Waals surface area contributed by atoms with Crippen LogP contribution in [0.5, 0.6) is 0 Å². The molecule has 4 rings (SSSR count). The first-order valence-electron chi connectivity index (χ1n) is 6.77. The number of aliphatic carboxylic acids is 1. The highest BCUT2D eigenvalue weighted by Crippen LogP contribution is 2.39. The molecule has 3 aliphatic heterocycles. The summed E-state index contributed by atoms with van der Waals surface area (Å²) in [7, 11) is 0. The molecule has 0 bridgehead atoms. The maximum absolute atomic E-state index is 12.1. The molecule has 0 saturated carbocycles.